The van der Waals surface area contributed by atoms with E-state index < -0.39 is 0 Å². The van der Waals surface area contributed by atoms with Crippen LogP contribution in [0.2, 0.25) is 0 Å². The van der Waals surface area contributed by atoms with Gasteiger partial charge in [-0.25, -0.2) is 4.98 Å². The first-order valence-corrected chi connectivity index (χ1v) is 5.61. The fraction of sp³-hybridized carbons (Fsp3) is 0.385. The molecule has 0 bridgehead atoms. The average Bonchev–Trinajstić information content (AvgIpc) is 2.37. The number of hydrogen-bond acceptors (Lipinski definition) is 4. The Kier molecular flexibility index (Phi) is 6.47. The summed E-state index contributed by atoms with van der Waals surface area (Å²) in [5.41, 5.74) is 0.750. The van der Waals surface area contributed by atoms with Gasteiger partial charge in [0.25, 0.3) is 0 Å². The van der Waals surface area contributed by atoms with Crippen LogP contribution in [-0.4, -0.2) is 36.3 Å². The lowest BCUT2D eigenvalue weighted by atomic mass is 10.2. The number of methoxy groups -OCH3 is 1. The van der Waals surface area contributed by atoms with Crippen LogP contribution < -0.4 is 5.32 Å². The zero-order chi connectivity index (χ0) is 13.2. The van der Waals surface area contributed by atoms with Gasteiger partial charge in [-0.2, -0.15) is 0 Å². The number of aliphatic hydroxyl groups excluding tert-OH is 1. The van der Waals surface area contributed by atoms with Crippen LogP contribution in [0.4, 0.5) is 5.82 Å². The zero-order valence-corrected chi connectivity index (χ0v) is 10.3. The molecule has 1 rings (SSSR count). The number of aliphatic hydroxyl groups is 1. The summed E-state index contributed by atoms with van der Waals surface area (Å²) < 4.78 is 4.81. The van der Waals surface area contributed by atoms with E-state index in [1.54, 1.807) is 25.4 Å². The molecular weight excluding hydrogens is 232 g/mol. The van der Waals surface area contributed by atoms with E-state index in [0.717, 1.165) is 5.56 Å². The standard InChI is InChI=1S/C13H16N2O3/c1-18-9-6-13(17)15-12-10-11(5-7-14-12)4-2-3-8-16/h5,7,10,16H,3,6,8-9H2,1H3,(H,14,15,17). The van der Waals surface area contributed by atoms with Gasteiger partial charge in [0.2, 0.25) is 5.91 Å². The largest absolute Gasteiger partial charge is 0.395 e. The molecule has 0 aliphatic carbocycles. The Balaban J connectivity index is 2.60. The normalized spacial score (nSPS) is 9.44. The summed E-state index contributed by atoms with van der Waals surface area (Å²) in [5.74, 6) is 6.00. The molecule has 1 aromatic rings. The smallest absolute Gasteiger partial charge is 0.227 e. The Bertz CT molecular complexity index is 449. The highest BCUT2D eigenvalue weighted by Crippen LogP contribution is 2.06. The van der Waals surface area contributed by atoms with Gasteiger partial charge >= 0.3 is 0 Å². The summed E-state index contributed by atoms with van der Waals surface area (Å²) in [6, 6.07) is 3.43. The van der Waals surface area contributed by atoms with Gasteiger partial charge in [0.05, 0.1) is 19.6 Å². The molecule has 96 valence electrons. The number of rotatable bonds is 5. The van der Waals surface area contributed by atoms with Gasteiger partial charge < -0.3 is 15.2 Å². The third-order valence-corrected chi connectivity index (χ3v) is 2.03. The SMILES string of the molecule is COCCC(=O)Nc1cc(C#CCCO)ccn1. The Morgan fingerprint density at radius 3 is 3.17 bits per heavy atom. The van der Waals surface area contributed by atoms with Gasteiger partial charge in [0, 0.05) is 25.3 Å². The second kappa shape index (κ2) is 8.23. The van der Waals surface area contributed by atoms with Crippen molar-refractivity contribution in [3.63, 3.8) is 0 Å². The van der Waals surface area contributed by atoms with Crippen molar-refractivity contribution in [1.82, 2.24) is 4.98 Å². The Morgan fingerprint density at radius 1 is 1.61 bits per heavy atom. The Morgan fingerprint density at radius 2 is 2.44 bits per heavy atom. The number of nitrogens with one attached hydrogen (secondary N) is 1. The van der Waals surface area contributed by atoms with Crippen molar-refractivity contribution in [2.45, 2.75) is 12.8 Å². The third-order valence-electron chi connectivity index (χ3n) is 2.03. The predicted molar refractivity (Wildman–Crippen MR) is 67.9 cm³/mol. The van der Waals surface area contributed by atoms with Crippen molar-refractivity contribution in [3.05, 3.63) is 23.9 Å². The molecule has 0 spiro atoms. The number of nitrogens with zero attached hydrogens (tertiary/aromatic N) is 1. The van der Waals surface area contributed by atoms with E-state index in [1.807, 2.05) is 0 Å². The summed E-state index contributed by atoms with van der Waals surface area (Å²) in [6.07, 6.45) is 2.30. The highest BCUT2D eigenvalue weighted by atomic mass is 16.5. The minimum Gasteiger partial charge on any atom is -0.395 e. The molecule has 1 aromatic heterocycles. The van der Waals surface area contributed by atoms with Crippen molar-refractivity contribution in [2.24, 2.45) is 0 Å². The second-order valence-corrected chi connectivity index (χ2v) is 3.50. The van der Waals surface area contributed by atoms with Crippen LogP contribution in [0.15, 0.2) is 18.3 Å². The molecular formula is C13H16N2O3. The molecule has 0 aliphatic rings. The second-order valence-electron chi connectivity index (χ2n) is 3.50. The van der Waals surface area contributed by atoms with E-state index in [-0.39, 0.29) is 12.5 Å². The molecule has 2 N–H and O–H groups in total. The van der Waals surface area contributed by atoms with E-state index in [2.05, 4.69) is 22.1 Å². The topological polar surface area (TPSA) is 71.5 Å². The summed E-state index contributed by atoms with van der Waals surface area (Å²) in [7, 11) is 1.54. The van der Waals surface area contributed by atoms with E-state index in [9.17, 15) is 4.79 Å². The molecule has 0 atom stereocenters. The maximum absolute atomic E-state index is 11.4. The quantitative estimate of drug-likeness (QED) is 0.756. The van der Waals surface area contributed by atoms with Crippen molar-refractivity contribution < 1.29 is 14.6 Å². The molecule has 18 heavy (non-hydrogen) atoms. The highest BCUT2D eigenvalue weighted by Gasteiger charge is 2.02. The highest BCUT2D eigenvalue weighted by molar-refractivity contribution is 5.89. The predicted octanol–water partition coefficient (Wildman–Crippen LogP) is 0.790. The number of aromatic nitrogens is 1. The van der Waals surface area contributed by atoms with Gasteiger partial charge in [0.1, 0.15) is 5.82 Å². The first kappa shape index (κ1) is 14.2. The molecule has 0 unspecified atom stereocenters. The van der Waals surface area contributed by atoms with Crippen molar-refractivity contribution >= 4 is 11.7 Å². The number of hydrogen-bond donors (Lipinski definition) is 2. The van der Waals surface area contributed by atoms with E-state index in [4.69, 9.17) is 9.84 Å². The lowest BCUT2D eigenvalue weighted by Gasteiger charge is -2.03. The maximum atomic E-state index is 11.4. The lowest BCUT2D eigenvalue weighted by molar-refractivity contribution is -0.117. The van der Waals surface area contributed by atoms with Crippen LogP contribution in [-0.2, 0) is 9.53 Å². The number of carbonyl (C=O) groups is 1. The molecule has 0 saturated heterocycles. The first-order chi connectivity index (χ1) is 8.76. The van der Waals surface area contributed by atoms with Crippen molar-refractivity contribution in [2.75, 3.05) is 25.6 Å². The van der Waals surface area contributed by atoms with Crippen molar-refractivity contribution in [3.8, 4) is 11.8 Å². The van der Waals surface area contributed by atoms with Crippen LogP contribution in [0, 0.1) is 11.8 Å². The van der Waals surface area contributed by atoms with E-state index in [1.165, 1.54) is 0 Å². The van der Waals surface area contributed by atoms with E-state index >= 15 is 0 Å². The first-order valence-electron chi connectivity index (χ1n) is 5.61. The molecule has 0 aromatic carbocycles. The fourth-order valence-electron chi connectivity index (χ4n) is 1.20. The average molecular weight is 248 g/mol. The van der Waals surface area contributed by atoms with Crippen LogP contribution in [0.25, 0.3) is 0 Å². The third kappa shape index (κ3) is 5.43. The van der Waals surface area contributed by atoms with Gasteiger partial charge in [-0.3, -0.25) is 4.79 Å². The zero-order valence-electron chi connectivity index (χ0n) is 10.3. The molecule has 0 fully saturated rings. The number of amides is 1. The fourth-order valence-corrected chi connectivity index (χ4v) is 1.20. The molecule has 1 amide bonds. The van der Waals surface area contributed by atoms with Crippen LogP contribution in [0.3, 0.4) is 0 Å². The van der Waals surface area contributed by atoms with Gasteiger partial charge in [-0.05, 0) is 12.1 Å². The van der Waals surface area contributed by atoms with E-state index in [0.29, 0.717) is 25.3 Å². The van der Waals surface area contributed by atoms with Crippen LogP contribution >= 0.6 is 0 Å². The summed E-state index contributed by atoms with van der Waals surface area (Å²) >= 11 is 0. The van der Waals surface area contributed by atoms with Gasteiger partial charge in [-0.15, -0.1) is 0 Å². The van der Waals surface area contributed by atoms with Crippen LogP contribution in [0.5, 0.6) is 0 Å². The summed E-state index contributed by atoms with van der Waals surface area (Å²) in [5, 5.41) is 11.3. The Hall–Kier alpha value is -1.90. The molecule has 1 heterocycles. The van der Waals surface area contributed by atoms with Crippen LogP contribution in [0.1, 0.15) is 18.4 Å². The lowest BCUT2D eigenvalue weighted by Crippen LogP contribution is -2.14. The molecule has 0 aliphatic heterocycles. The number of anilines is 1. The minimum atomic E-state index is -0.148. The molecule has 5 nitrogen and oxygen atoms in total. The van der Waals surface area contributed by atoms with Gasteiger partial charge in [0.15, 0.2) is 0 Å². The number of pyridine rings is 1. The minimum absolute atomic E-state index is 0.0404. The summed E-state index contributed by atoms with van der Waals surface area (Å²) in [6.45, 7) is 0.417. The molecule has 5 heteroatoms. The number of carbonyl (C=O) groups excluding carboxylic acids is 1. The maximum Gasteiger partial charge on any atom is 0.227 e. The van der Waals surface area contributed by atoms with Gasteiger partial charge in [-0.1, -0.05) is 11.8 Å². The van der Waals surface area contributed by atoms with Crippen molar-refractivity contribution in [1.29, 1.82) is 0 Å². The summed E-state index contributed by atoms with van der Waals surface area (Å²) in [4.78, 5) is 15.5. The molecule has 0 radical (unpaired) electrons. The number of ether oxygens (including phenoxy) is 1. The molecule has 0 saturated carbocycles. The Labute approximate surface area is 106 Å². The monoisotopic (exact) mass is 248 g/mol.